The summed E-state index contributed by atoms with van der Waals surface area (Å²) in [6, 6.07) is 4.55. The largest absolute Gasteiger partial charge is 0.507 e. The van der Waals surface area contributed by atoms with Crippen molar-refractivity contribution in [2.45, 2.75) is 6.42 Å². The van der Waals surface area contributed by atoms with Gasteiger partial charge in [-0.1, -0.05) is 0 Å². The molecule has 1 aromatic heterocycles. The average Bonchev–Trinajstić information content (AvgIpc) is 2.60. The molecule has 0 saturated carbocycles. The highest BCUT2D eigenvalue weighted by molar-refractivity contribution is 5.87. The van der Waals surface area contributed by atoms with Crippen LogP contribution in [0.25, 0.3) is 10.9 Å². The Morgan fingerprint density at radius 2 is 2.06 bits per heavy atom. The van der Waals surface area contributed by atoms with E-state index >= 15 is 0 Å². The van der Waals surface area contributed by atoms with Gasteiger partial charge in [0.2, 0.25) is 0 Å². The van der Waals surface area contributed by atoms with Crippen LogP contribution in [-0.2, 0) is 13.5 Å². The first-order valence-electron chi connectivity index (χ1n) is 5.61. The standard InChI is InChI=1S/C13H17FN2O/c1-15(2)7-6-9-8-10-12(17)5-4-11(14)13(10)16(9)3/h4-5,8,17H,6-7H2,1-3H3. The summed E-state index contributed by atoms with van der Waals surface area (Å²) in [7, 11) is 5.83. The highest BCUT2D eigenvalue weighted by Gasteiger charge is 2.13. The first-order valence-corrected chi connectivity index (χ1v) is 5.61. The average molecular weight is 236 g/mol. The summed E-state index contributed by atoms with van der Waals surface area (Å²) in [5, 5.41) is 10.3. The molecule has 1 heterocycles. The molecule has 2 aromatic rings. The summed E-state index contributed by atoms with van der Waals surface area (Å²) in [6.45, 7) is 0.895. The van der Waals surface area contributed by atoms with E-state index < -0.39 is 0 Å². The van der Waals surface area contributed by atoms with Crippen LogP contribution in [0.4, 0.5) is 4.39 Å². The van der Waals surface area contributed by atoms with Crippen LogP contribution in [0.1, 0.15) is 5.69 Å². The van der Waals surface area contributed by atoms with Crippen molar-refractivity contribution in [1.82, 2.24) is 9.47 Å². The third kappa shape index (κ3) is 2.13. The van der Waals surface area contributed by atoms with E-state index in [0.29, 0.717) is 10.9 Å². The van der Waals surface area contributed by atoms with Gasteiger partial charge in [-0.2, -0.15) is 0 Å². The normalized spacial score (nSPS) is 11.6. The summed E-state index contributed by atoms with van der Waals surface area (Å²) in [4.78, 5) is 2.08. The van der Waals surface area contributed by atoms with Gasteiger partial charge < -0.3 is 14.6 Å². The number of aryl methyl sites for hydroxylation is 1. The Morgan fingerprint density at radius 3 is 2.65 bits per heavy atom. The lowest BCUT2D eigenvalue weighted by molar-refractivity contribution is 0.410. The molecule has 1 N–H and O–H groups in total. The number of hydrogen-bond acceptors (Lipinski definition) is 2. The minimum absolute atomic E-state index is 0.133. The third-order valence-electron chi connectivity index (χ3n) is 3.04. The first kappa shape index (κ1) is 11.9. The fraction of sp³-hybridized carbons (Fsp3) is 0.385. The monoisotopic (exact) mass is 236 g/mol. The predicted octanol–water partition coefficient (Wildman–Crippen LogP) is 2.13. The number of halogens is 1. The van der Waals surface area contributed by atoms with Crippen LogP contribution in [0.15, 0.2) is 18.2 Å². The molecule has 3 nitrogen and oxygen atoms in total. The second-order valence-electron chi connectivity index (χ2n) is 4.58. The number of likely N-dealkylation sites (N-methyl/N-ethyl adjacent to an activating group) is 1. The van der Waals surface area contributed by atoms with Crippen LogP contribution >= 0.6 is 0 Å². The molecule has 0 fully saturated rings. The molecule has 4 heteroatoms. The van der Waals surface area contributed by atoms with Crippen LogP contribution in [0.3, 0.4) is 0 Å². The zero-order valence-electron chi connectivity index (χ0n) is 10.4. The molecule has 92 valence electrons. The Hall–Kier alpha value is -1.55. The summed E-state index contributed by atoms with van der Waals surface area (Å²) < 4.78 is 15.5. The van der Waals surface area contributed by atoms with Crippen molar-refractivity contribution in [3.63, 3.8) is 0 Å². The van der Waals surface area contributed by atoms with E-state index in [9.17, 15) is 9.50 Å². The molecule has 0 unspecified atom stereocenters. The van der Waals surface area contributed by atoms with Crippen molar-refractivity contribution in [2.75, 3.05) is 20.6 Å². The molecule has 0 aliphatic carbocycles. The quantitative estimate of drug-likeness (QED) is 0.884. The fourth-order valence-corrected chi connectivity index (χ4v) is 2.04. The maximum absolute atomic E-state index is 13.7. The molecule has 17 heavy (non-hydrogen) atoms. The van der Waals surface area contributed by atoms with Crippen molar-refractivity contribution in [3.05, 3.63) is 29.7 Å². The van der Waals surface area contributed by atoms with Crippen LogP contribution in [-0.4, -0.2) is 35.2 Å². The summed E-state index contributed by atoms with van der Waals surface area (Å²) in [5.74, 6) is -0.162. The molecule has 0 aliphatic heterocycles. The van der Waals surface area contributed by atoms with E-state index in [0.717, 1.165) is 18.7 Å². The van der Waals surface area contributed by atoms with Gasteiger partial charge in [-0.25, -0.2) is 4.39 Å². The van der Waals surface area contributed by atoms with Crippen LogP contribution in [0, 0.1) is 5.82 Å². The topological polar surface area (TPSA) is 28.4 Å². The second kappa shape index (κ2) is 4.37. The lowest BCUT2D eigenvalue weighted by Crippen LogP contribution is -2.16. The Morgan fingerprint density at radius 1 is 1.35 bits per heavy atom. The number of phenolic OH excluding ortho intramolecular Hbond substituents is 1. The molecule has 0 amide bonds. The lowest BCUT2D eigenvalue weighted by atomic mass is 10.2. The Kier molecular flexibility index (Phi) is 3.07. The maximum Gasteiger partial charge on any atom is 0.147 e. The minimum atomic E-state index is -0.295. The van der Waals surface area contributed by atoms with Crippen LogP contribution in [0.2, 0.25) is 0 Å². The van der Waals surface area contributed by atoms with Gasteiger partial charge in [-0.15, -0.1) is 0 Å². The van der Waals surface area contributed by atoms with Gasteiger partial charge in [-0.05, 0) is 32.3 Å². The number of fused-ring (bicyclic) bond motifs is 1. The van der Waals surface area contributed by atoms with Gasteiger partial charge >= 0.3 is 0 Å². The Balaban J connectivity index is 2.49. The van der Waals surface area contributed by atoms with Gasteiger partial charge in [0.15, 0.2) is 0 Å². The SMILES string of the molecule is CN(C)CCc1cc2c(O)ccc(F)c2n1C. The zero-order valence-corrected chi connectivity index (χ0v) is 10.4. The molecule has 0 atom stereocenters. The van der Waals surface area contributed by atoms with Gasteiger partial charge in [-0.3, -0.25) is 0 Å². The number of rotatable bonds is 3. The molecule has 1 aromatic carbocycles. The Bertz CT molecular complexity index is 546. The molecule has 0 spiro atoms. The van der Waals surface area contributed by atoms with Crippen LogP contribution in [0.5, 0.6) is 5.75 Å². The zero-order chi connectivity index (χ0) is 12.6. The van der Waals surface area contributed by atoms with Crippen molar-refractivity contribution in [3.8, 4) is 5.75 Å². The fourth-order valence-electron chi connectivity index (χ4n) is 2.04. The Labute approximate surface area is 100 Å². The highest BCUT2D eigenvalue weighted by Crippen LogP contribution is 2.29. The molecule has 0 bridgehead atoms. The number of aromatic nitrogens is 1. The van der Waals surface area contributed by atoms with Crippen LogP contribution < -0.4 is 0 Å². The molecule has 2 rings (SSSR count). The van der Waals surface area contributed by atoms with Crippen molar-refractivity contribution in [1.29, 1.82) is 0 Å². The second-order valence-corrected chi connectivity index (χ2v) is 4.58. The number of benzene rings is 1. The van der Waals surface area contributed by atoms with Gasteiger partial charge in [0.05, 0.1) is 5.52 Å². The number of phenols is 1. The van der Waals surface area contributed by atoms with E-state index in [-0.39, 0.29) is 11.6 Å². The van der Waals surface area contributed by atoms with E-state index in [1.54, 1.807) is 0 Å². The molecule has 0 saturated heterocycles. The lowest BCUT2D eigenvalue weighted by Gasteiger charge is -2.10. The maximum atomic E-state index is 13.7. The van der Waals surface area contributed by atoms with Gasteiger partial charge in [0.25, 0.3) is 0 Å². The number of nitrogens with zero attached hydrogens (tertiary/aromatic N) is 2. The van der Waals surface area contributed by atoms with Crippen molar-refractivity contribution in [2.24, 2.45) is 7.05 Å². The molecular formula is C13H17FN2O. The van der Waals surface area contributed by atoms with Crippen molar-refractivity contribution >= 4 is 10.9 Å². The number of aromatic hydroxyl groups is 1. The predicted molar refractivity (Wildman–Crippen MR) is 66.8 cm³/mol. The summed E-state index contributed by atoms with van der Waals surface area (Å²) in [5.41, 5.74) is 1.49. The highest BCUT2D eigenvalue weighted by atomic mass is 19.1. The first-order chi connectivity index (χ1) is 8.00. The molecule has 0 aliphatic rings. The smallest absolute Gasteiger partial charge is 0.147 e. The molecular weight excluding hydrogens is 219 g/mol. The van der Waals surface area contributed by atoms with E-state index in [1.807, 2.05) is 31.8 Å². The van der Waals surface area contributed by atoms with E-state index in [1.165, 1.54) is 12.1 Å². The summed E-state index contributed by atoms with van der Waals surface area (Å²) in [6.07, 6.45) is 0.830. The summed E-state index contributed by atoms with van der Waals surface area (Å²) >= 11 is 0. The van der Waals surface area contributed by atoms with Gasteiger partial charge in [0, 0.05) is 31.1 Å². The molecule has 0 radical (unpaired) electrons. The van der Waals surface area contributed by atoms with Crippen molar-refractivity contribution < 1.29 is 9.50 Å². The van der Waals surface area contributed by atoms with E-state index in [2.05, 4.69) is 4.90 Å². The minimum Gasteiger partial charge on any atom is -0.507 e. The van der Waals surface area contributed by atoms with E-state index in [4.69, 9.17) is 0 Å². The van der Waals surface area contributed by atoms with Gasteiger partial charge in [0.1, 0.15) is 11.6 Å². The third-order valence-corrected chi connectivity index (χ3v) is 3.04. The number of hydrogen-bond donors (Lipinski definition) is 1.